The van der Waals surface area contributed by atoms with Crippen LogP contribution < -0.4 is 0 Å². The maximum atomic E-state index is 5.64. The van der Waals surface area contributed by atoms with Crippen molar-refractivity contribution in [1.82, 2.24) is 9.78 Å². The van der Waals surface area contributed by atoms with Gasteiger partial charge >= 0.3 is 0 Å². The van der Waals surface area contributed by atoms with E-state index < -0.39 is 0 Å². The molecular formula is C14H12N2. The van der Waals surface area contributed by atoms with Crippen molar-refractivity contribution in [3.05, 3.63) is 48.3 Å². The molecule has 0 spiro atoms. The molecule has 0 saturated heterocycles. The van der Waals surface area contributed by atoms with Crippen molar-refractivity contribution < 1.29 is 0 Å². The Morgan fingerprint density at radius 2 is 2.06 bits per heavy atom. The fourth-order valence-corrected chi connectivity index (χ4v) is 2.11. The lowest BCUT2D eigenvalue weighted by Crippen LogP contribution is -2.09. The van der Waals surface area contributed by atoms with Gasteiger partial charge in [-0.2, -0.15) is 5.10 Å². The molecule has 1 saturated carbocycles. The van der Waals surface area contributed by atoms with Crippen molar-refractivity contribution in [2.45, 2.75) is 18.3 Å². The maximum absolute atomic E-state index is 5.64. The first-order valence-electron chi connectivity index (χ1n) is 5.43. The first kappa shape index (κ1) is 9.23. The SMILES string of the molecule is C#CC1(c2ccccc2-n2cccn2)CC1. The third kappa shape index (κ3) is 1.25. The van der Waals surface area contributed by atoms with Gasteiger partial charge in [0.25, 0.3) is 0 Å². The molecule has 1 aromatic heterocycles. The van der Waals surface area contributed by atoms with E-state index in [1.54, 1.807) is 6.20 Å². The third-order valence-corrected chi connectivity index (χ3v) is 3.20. The van der Waals surface area contributed by atoms with Crippen LogP contribution in [0.3, 0.4) is 0 Å². The third-order valence-electron chi connectivity index (χ3n) is 3.20. The van der Waals surface area contributed by atoms with Crippen molar-refractivity contribution in [1.29, 1.82) is 0 Å². The van der Waals surface area contributed by atoms with Gasteiger partial charge in [0.1, 0.15) is 0 Å². The molecule has 0 amide bonds. The monoisotopic (exact) mass is 208 g/mol. The van der Waals surface area contributed by atoms with Crippen molar-refractivity contribution in [2.24, 2.45) is 0 Å². The molecule has 0 aliphatic heterocycles. The van der Waals surface area contributed by atoms with Crippen molar-refractivity contribution in [3.63, 3.8) is 0 Å². The highest BCUT2D eigenvalue weighted by Gasteiger charge is 2.44. The average Bonchev–Trinajstić information content (AvgIpc) is 2.95. The number of terminal acetylenes is 1. The highest BCUT2D eigenvalue weighted by Crippen LogP contribution is 2.49. The summed E-state index contributed by atoms with van der Waals surface area (Å²) in [4.78, 5) is 0. The largest absolute Gasteiger partial charge is 0.241 e. The van der Waals surface area contributed by atoms with E-state index in [1.807, 2.05) is 29.1 Å². The Hall–Kier alpha value is -2.01. The van der Waals surface area contributed by atoms with Gasteiger partial charge in [-0.3, -0.25) is 0 Å². The van der Waals surface area contributed by atoms with Gasteiger partial charge in [0.05, 0.1) is 11.1 Å². The maximum Gasteiger partial charge on any atom is 0.0692 e. The van der Waals surface area contributed by atoms with Crippen molar-refractivity contribution in [2.75, 3.05) is 0 Å². The second-order valence-corrected chi connectivity index (χ2v) is 4.19. The standard InChI is InChI=1S/C14H12N2/c1-2-14(8-9-14)12-6-3-4-7-13(12)16-11-5-10-15-16/h1,3-7,10-11H,8-9H2. The van der Waals surface area contributed by atoms with Crippen molar-refractivity contribution in [3.8, 4) is 18.0 Å². The molecule has 2 aromatic rings. The summed E-state index contributed by atoms with van der Waals surface area (Å²) in [6.45, 7) is 0. The molecular weight excluding hydrogens is 196 g/mol. The van der Waals surface area contributed by atoms with E-state index in [0.29, 0.717) is 0 Å². The second kappa shape index (κ2) is 3.24. The smallest absolute Gasteiger partial charge is 0.0692 e. The molecule has 0 atom stereocenters. The number of rotatable bonds is 2. The van der Waals surface area contributed by atoms with Crippen LogP contribution in [0, 0.1) is 12.3 Å². The molecule has 0 bridgehead atoms. The Bertz CT molecular complexity index is 542. The van der Waals surface area contributed by atoms with Crippen LogP contribution in [-0.4, -0.2) is 9.78 Å². The van der Waals surface area contributed by atoms with Crippen LogP contribution in [0.4, 0.5) is 0 Å². The Labute approximate surface area is 94.9 Å². The van der Waals surface area contributed by atoms with Crippen LogP contribution in [0.15, 0.2) is 42.7 Å². The molecule has 0 radical (unpaired) electrons. The minimum Gasteiger partial charge on any atom is -0.241 e. The van der Waals surface area contributed by atoms with Crippen LogP contribution in [-0.2, 0) is 5.41 Å². The molecule has 1 aliphatic rings. The zero-order valence-corrected chi connectivity index (χ0v) is 8.93. The fourth-order valence-electron chi connectivity index (χ4n) is 2.11. The molecule has 2 heteroatoms. The molecule has 0 unspecified atom stereocenters. The fraction of sp³-hybridized carbons (Fsp3) is 0.214. The predicted octanol–water partition coefficient (Wildman–Crippen LogP) is 2.54. The van der Waals surface area contributed by atoms with E-state index in [0.717, 1.165) is 18.5 Å². The summed E-state index contributed by atoms with van der Waals surface area (Å²) in [6, 6.07) is 10.2. The van der Waals surface area contributed by atoms with Gasteiger partial charge in [-0.15, -0.1) is 6.42 Å². The molecule has 1 fully saturated rings. The van der Waals surface area contributed by atoms with E-state index in [1.165, 1.54) is 5.56 Å². The highest BCUT2D eigenvalue weighted by atomic mass is 15.3. The topological polar surface area (TPSA) is 17.8 Å². The normalized spacial score (nSPS) is 16.7. The summed E-state index contributed by atoms with van der Waals surface area (Å²) in [5, 5.41) is 4.27. The highest BCUT2D eigenvalue weighted by molar-refractivity contribution is 5.52. The van der Waals surface area contributed by atoms with E-state index in [9.17, 15) is 0 Å². The van der Waals surface area contributed by atoms with E-state index in [2.05, 4.69) is 23.2 Å². The van der Waals surface area contributed by atoms with Crippen LogP contribution in [0.25, 0.3) is 5.69 Å². The molecule has 1 aromatic carbocycles. The summed E-state index contributed by atoms with van der Waals surface area (Å²) in [6.07, 6.45) is 11.5. The number of benzene rings is 1. The lowest BCUT2D eigenvalue weighted by atomic mass is 9.95. The van der Waals surface area contributed by atoms with E-state index >= 15 is 0 Å². The summed E-state index contributed by atoms with van der Waals surface area (Å²) < 4.78 is 1.88. The van der Waals surface area contributed by atoms with Crippen LogP contribution in [0.2, 0.25) is 0 Å². The first-order valence-corrected chi connectivity index (χ1v) is 5.43. The molecule has 3 rings (SSSR count). The molecule has 16 heavy (non-hydrogen) atoms. The summed E-state index contributed by atoms with van der Waals surface area (Å²) in [5.41, 5.74) is 2.28. The zero-order chi connectivity index (χ0) is 11.0. The average molecular weight is 208 g/mol. The Morgan fingerprint density at radius 3 is 2.69 bits per heavy atom. The Balaban J connectivity index is 2.17. The van der Waals surface area contributed by atoms with Gasteiger partial charge < -0.3 is 0 Å². The van der Waals surface area contributed by atoms with Crippen LogP contribution >= 0.6 is 0 Å². The van der Waals surface area contributed by atoms with Crippen molar-refractivity contribution >= 4 is 0 Å². The molecule has 0 N–H and O–H groups in total. The van der Waals surface area contributed by atoms with Gasteiger partial charge in [0.15, 0.2) is 0 Å². The number of hydrogen-bond acceptors (Lipinski definition) is 1. The summed E-state index contributed by atoms with van der Waals surface area (Å²) >= 11 is 0. The second-order valence-electron chi connectivity index (χ2n) is 4.19. The zero-order valence-electron chi connectivity index (χ0n) is 8.93. The van der Waals surface area contributed by atoms with Crippen LogP contribution in [0.1, 0.15) is 18.4 Å². The van der Waals surface area contributed by atoms with Gasteiger partial charge in [0.2, 0.25) is 0 Å². The quantitative estimate of drug-likeness (QED) is 0.693. The number of para-hydroxylation sites is 1. The summed E-state index contributed by atoms with van der Waals surface area (Å²) in [7, 11) is 0. The van der Waals surface area contributed by atoms with Gasteiger partial charge in [-0.1, -0.05) is 24.1 Å². The van der Waals surface area contributed by atoms with E-state index in [-0.39, 0.29) is 5.41 Å². The molecule has 1 aliphatic carbocycles. The van der Waals surface area contributed by atoms with Gasteiger partial charge in [-0.05, 0) is 30.5 Å². The Morgan fingerprint density at radius 1 is 1.25 bits per heavy atom. The number of aromatic nitrogens is 2. The number of hydrogen-bond donors (Lipinski definition) is 0. The van der Waals surface area contributed by atoms with Gasteiger partial charge in [-0.25, -0.2) is 4.68 Å². The van der Waals surface area contributed by atoms with E-state index in [4.69, 9.17) is 6.42 Å². The minimum atomic E-state index is -0.0391. The Kier molecular flexibility index (Phi) is 1.87. The molecule has 1 heterocycles. The molecule has 78 valence electrons. The lowest BCUT2D eigenvalue weighted by molar-refractivity contribution is 0.830. The first-order chi connectivity index (χ1) is 7.86. The summed E-state index contributed by atoms with van der Waals surface area (Å²) in [5.74, 6) is 2.93. The lowest BCUT2D eigenvalue weighted by Gasteiger charge is -2.14. The van der Waals surface area contributed by atoms with Gasteiger partial charge in [0, 0.05) is 12.4 Å². The predicted molar refractivity (Wildman–Crippen MR) is 63.3 cm³/mol. The number of nitrogens with zero attached hydrogens (tertiary/aromatic N) is 2. The van der Waals surface area contributed by atoms with Crippen LogP contribution in [0.5, 0.6) is 0 Å². The minimum absolute atomic E-state index is 0.0391. The molecule has 2 nitrogen and oxygen atoms in total.